The number of benzene rings is 1. The third-order valence-electron chi connectivity index (χ3n) is 3.99. The number of hydrogen-bond acceptors (Lipinski definition) is 4. The van der Waals surface area contributed by atoms with Crippen LogP contribution < -0.4 is 10.5 Å². The second-order valence-corrected chi connectivity index (χ2v) is 5.15. The van der Waals surface area contributed by atoms with Gasteiger partial charge < -0.3 is 10.5 Å². The lowest BCUT2D eigenvalue weighted by Crippen LogP contribution is -2.12. The lowest BCUT2D eigenvalue weighted by atomic mass is 10.0. The summed E-state index contributed by atoms with van der Waals surface area (Å²) in [6.45, 7) is 0.609. The highest BCUT2D eigenvalue weighted by molar-refractivity contribution is 5.48. The average Bonchev–Trinajstić information content (AvgIpc) is 3.04. The molecule has 0 bridgehead atoms. The van der Waals surface area contributed by atoms with Gasteiger partial charge in [-0.15, -0.1) is 0 Å². The van der Waals surface area contributed by atoms with Crippen molar-refractivity contribution in [3.63, 3.8) is 0 Å². The first-order chi connectivity index (χ1) is 9.33. The zero-order valence-electron chi connectivity index (χ0n) is 10.6. The first-order valence-electron chi connectivity index (χ1n) is 6.70. The lowest BCUT2D eigenvalue weighted by molar-refractivity contribution is 0.339. The Hall–Kier alpha value is -2.10. The number of nitrogens with two attached hydrogens (primary N) is 1. The van der Waals surface area contributed by atoms with E-state index < -0.39 is 0 Å². The summed E-state index contributed by atoms with van der Waals surface area (Å²) in [5.74, 6) is 2.52. The second-order valence-electron chi connectivity index (χ2n) is 5.15. The maximum absolute atomic E-state index is 6.07. The van der Waals surface area contributed by atoms with Crippen molar-refractivity contribution in [2.24, 2.45) is 0 Å². The van der Waals surface area contributed by atoms with Crippen molar-refractivity contribution in [3.05, 3.63) is 46.9 Å². The number of aromatic nitrogens is 2. The molecule has 4 rings (SSSR count). The average molecular weight is 253 g/mol. The van der Waals surface area contributed by atoms with Gasteiger partial charge in [0.1, 0.15) is 24.0 Å². The third kappa shape index (κ3) is 1.59. The highest BCUT2D eigenvalue weighted by atomic mass is 16.5. The Kier molecular flexibility index (Phi) is 2.24. The Bertz CT molecular complexity index is 654. The van der Waals surface area contributed by atoms with Gasteiger partial charge in [-0.1, -0.05) is 18.2 Å². The summed E-state index contributed by atoms with van der Waals surface area (Å²) in [4.78, 5) is 9.24. The molecule has 1 aliphatic carbocycles. The molecule has 2 N–H and O–H groups in total. The van der Waals surface area contributed by atoms with Crippen LogP contribution >= 0.6 is 0 Å². The van der Waals surface area contributed by atoms with Gasteiger partial charge in [0.15, 0.2) is 0 Å². The molecule has 1 atom stereocenters. The summed E-state index contributed by atoms with van der Waals surface area (Å²) < 4.78 is 5.70. The monoisotopic (exact) mass is 253 g/mol. The van der Waals surface area contributed by atoms with Gasteiger partial charge in [-0.3, -0.25) is 0 Å². The van der Waals surface area contributed by atoms with Crippen LogP contribution in [0.4, 0.5) is 5.82 Å². The smallest absolute Gasteiger partial charge is 0.142 e. The minimum absolute atomic E-state index is 0.115. The molecule has 1 aromatic carbocycles. The van der Waals surface area contributed by atoms with Crippen LogP contribution in [-0.4, -0.2) is 16.6 Å². The lowest BCUT2D eigenvalue weighted by Gasteiger charge is -2.11. The molecule has 2 heterocycles. The quantitative estimate of drug-likeness (QED) is 0.845. The first kappa shape index (κ1) is 10.8. The Balaban J connectivity index is 1.81. The van der Waals surface area contributed by atoms with E-state index in [-0.39, 0.29) is 5.92 Å². The normalized spacial score (nSPS) is 19.9. The van der Waals surface area contributed by atoms with Crippen molar-refractivity contribution in [1.29, 1.82) is 0 Å². The third-order valence-corrected chi connectivity index (χ3v) is 3.99. The molecule has 4 nitrogen and oxygen atoms in total. The van der Waals surface area contributed by atoms with Gasteiger partial charge in [0.05, 0.1) is 5.92 Å². The number of anilines is 1. The Labute approximate surface area is 111 Å². The Morgan fingerprint density at radius 3 is 3.00 bits per heavy atom. The predicted octanol–water partition coefficient (Wildman–Crippen LogP) is 2.07. The maximum atomic E-state index is 6.07. The number of hydrogen-bond donors (Lipinski definition) is 1. The second kappa shape index (κ2) is 3.95. The largest absolute Gasteiger partial charge is 0.492 e. The van der Waals surface area contributed by atoms with Crippen molar-refractivity contribution in [2.45, 2.75) is 25.2 Å². The number of nitrogen functional groups attached to an aromatic ring is 1. The van der Waals surface area contributed by atoms with E-state index in [2.05, 4.69) is 11.1 Å². The van der Waals surface area contributed by atoms with Crippen LogP contribution in [0, 0.1) is 0 Å². The van der Waals surface area contributed by atoms with Gasteiger partial charge in [0, 0.05) is 16.8 Å². The summed E-state index contributed by atoms with van der Waals surface area (Å²) in [7, 11) is 0. The SMILES string of the molecule is Nc1nc(C2COc3ccccc32)nc2c1CCC2. The van der Waals surface area contributed by atoms with Crippen molar-refractivity contribution >= 4 is 5.82 Å². The number of ether oxygens (including phenoxy) is 1. The van der Waals surface area contributed by atoms with Crippen LogP contribution in [0.2, 0.25) is 0 Å². The highest BCUT2D eigenvalue weighted by Gasteiger charge is 2.29. The molecule has 96 valence electrons. The molecular weight excluding hydrogens is 238 g/mol. The summed E-state index contributed by atoms with van der Waals surface area (Å²) in [6.07, 6.45) is 3.17. The number of fused-ring (bicyclic) bond motifs is 2. The van der Waals surface area contributed by atoms with Crippen molar-refractivity contribution in [2.75, 3.05) is 12.3 Å². The van der Waals surface area contributed by atoms with Crippen molar-refractivity contribution < 1.29 is 4.74 Å². The van der Waals surface area contributed by atoms with E-state index >= 15 is 0 Å². The molecule has 1 unspecified atom stereocenters. The molecule has 2 aliphatic rings. The summed E-state index contributed by atoms with van der Waals surface area (Å²) >= 11 is 0. The van der Waals surface area contributed by atoms with E-state index in [0.29, 0.717) is 12.4 Å². The number of rotatable bonds is 1. The fraction of sp³-hybridized carbons (Fsp3) is 0.333. The standard InChI is InChI=1S/C15H15N3O/c16-14-10-5-3-6-12(10)17-15(18-14)11-8-19-13-7-2-1-4-9(11)13/h1-2,4,7,11H,3,5-6,8H2,(H2,16,17,18). The van der Waals surface area contributed by atoms with Gasteiger partial charge in [0.25, 0.3) is 0 Å². The predicted molar refractivity (Wildman–Crippen MR) is 72.2 cm³/mol. The highest BCUT2D eigenvalue weighted by Crippen LogP contribution is 2.37. The van der Waals surface area contributed by atoms with E-state index in [4.69, 9.17) is 15.5 Å². The van der Waals surface area contributed by atoms with Crippen molar-refractivity contribution in [1.82, 2.24) is 9.97 Å². The van der Waals surface area contributed by atoms with Crippen LogP contribution in [0.1, 0.15) is 35.0 Å². The van der Waals surface area contributed by atoms with Crippen LogP contribution in [-0.2, 0) is 12.8 Å². The molecule has 2 aromatic rings. The molecule has 0 amide bonds. The molecular formula is C15H15N3O. The molecule has 4 heteroatoms. The van der Waals surface area contributed by atoms with Gasteiger partial charge in [-0.2, -0.15) is 0 Å². The zero-order valence-corrected chi connectivity index (χ0v) is 10.6. The Morgan fingerprint density at radius 2 is 2.05 bits per heavy atom. The van der Waals surface area contributed by atoms with Gasteiger partial charge >= 0.3 is 0 Å². The molecule has 0 saturated carbocycles. The first-order valence-corrected chi connectivity index (χ1v) is 6.70. The topological polar surface area (TPSA) is 61.0 Å². The minimum Gasteiger partial charge on any atom is -0.492 e. The van der Waals surface area contributed by atoms with E-state index in [1.165, 1.54) is 5.56 Å². The maximum Gasteiger partial charge on any atom is 0.142 e. The molecule has 0 saturated heterocycles. The molecule has 1 aliphatic heterocycles. The molecule has 0 radical (unpaired) electrons. The van der Waals surface area contributed by atoms with E-state index in [9.17, 15) is 0 Å². The fourth-order valence-corrected chi connectivity index (χ4v) is 3.01. The molecule has 19 heavy (non-hydrogen) atoms. The minimum atomic E-state index is 0.115. The summed E-state index contributed by atoms with van der Waals surface area (Å²) in [5, 5.41) is 0. The van der Waals surface area contributed by atoms with Gasteiger partial charge in [-0.25, -0.2) is 9.97 Å². The molecule has 1 aromatic heterocycles. The molecule has 0 fully saturated rings. The Morgan fingerprint density at radius 1 is 1.16 bits per heavy atom. The summed E-state index contributed by atoms with van der Waals surface area (Å²) in [5.41, 5.74) is 9.52. The number of nitrogens with zero attached hydrogens (tertiary/aromatic N) is 2. The fourth-order valence-electron chi connectivity index (χ4n) is 3.01. The van der Waals surface area contributed by atoms with Crippen LogP contribution in [0.15, 0.2) is 24.3 Å². The molecule has 0 spiro atoms. The van der Waals surface area contributed by atoms with Crippen LogP contribution in [0.5, 0.6) is 5.75 Å². The van der Waals surface area contributed by atoms with Crippen molar-refractivity contribution in [3.8, 4) is 5.75 Å². The van der Waals surface area contributed by atoms with Gasteiger partial charge in [0.2, 0.25) is 0 Å². The van der Waals surface area contributed by atoms with E-state index in [0.717, 1.165) is 42.1 Å². The number of aryl methyl sites for hydroxylation is 1. The van der Waals surface area contributed by atoms with E-state index in [1.807, 2.05) is 18.2 Å². The zero-order chi connectivity index (χ0) is 12.8. The van der Waals surface area contributed by atoms with Crippen LogP contribution in [0.3, 0.4) is 0 Å². The summed E-state index contributed by atoms with van der Waals surface area (Å²) in [6, 6.07) is 8.09. The number of para-hydroxylation sites is 1. The van der Waals surface area contributed by atoms with E-state index in [1.54, 1.807) is 0 Å². The van der Waals surface area contributed by atoms with Crippen LogP contribution in [0.25, 0.3) is 0 Å². The van der Waals surface area contributed by atoms with Gasteiger partial charge in [-0.05, 0) is 25.3 Å².